The fourth-order valence-corrected chi connectivity index (χ4v) is 2.81. The Bertz CT molecular complexity index is 517. The topological polar surface area (TPSA) is 52.1 Å². The minimum absolute atomic E-state index is 0.178. The molecule has 2 aromatic rings. The van der Waals surface area contributed by atoms with Crippen LogP contribution in [0.25, 0.3) is 11.0 Å². The number of aromatic nitrogens is 2. The number of fused-ring (bicyclic) bond motifs is 1. The standard InChI is InChI=1S/C16H25N3O/c1-3-8-19(9-4-2)14(11-20)10-13-6-5-7-15-16(13)18-12-17-15/h5-7,12,14,20H,3-4,8-11H2,1-2H3,(H,17,18)/t14-/m1/s1. The van der Waals surface area contributed by atoms with Crippen LogP contribution in [0.2, 0.25) is 0 Å². The summed E-state index contributed by atoms with van der Waals surface area (Å²) in [6.45, 7) is 6.64. The van der Waals surface area contributed by atoms with Gasteiger partial charge in [0.15, 0.2) is 0 Å². The highest BCUT2D eigenvalue weighted by Crippen LogP contribution is 2.18. The maximum Gasteiger partial charge on any atom is 0.0931 e. The van der Waals surface area contributed by atoms with E-state index in [9.17, 15) is 5.11 Å². The van der Waals surface area contributed by atoms with E-state index in [1.165, 1.54) is 5.56 Å². The van der Waals surface area contributed by atoms with Crippen LogP contribution in [0.5, 0.6) is 0 Å². The van der Waals surface area contributed by atoms with Crippen LogP contribution in [-0.2, 0) is 6.42 Å². The normalized spacial score (nSPS) is 13.2. The number of para-hydroxylation sites is 1. The average molecular weight is 275 g/mol. The zero-order valence-corrected chi connectivity index (χ0v) is 12.5. The highest BCUT2D eigenvalue weighted by molar-refractivity contribution is 5.78. The molecule has 1 atom stereocenters. The Balaban J connectivity index is 2.18. The van der Waals surface area contributed by atoms with Gasteiger partial charge in [0.25, 0.3) is 0 Å². The summed E-state index contributed by atoms with van der Waals surface area (Å²) in [5.41, 5.74) is 3.30. The van der Waals surface area contributed by atoms with Crippen LogP contribution in [0.3, 0.4) is 0 Å². The Morgan fingerprint density at radius 3 is 2.65 bits per heavy atom. The average Bonchev–Trinajstić information content (AvgIpc) is 2.94. The van der Waals surface area contributed by atoms with Gasteiger partial charge in [0.2, 0.25) is 0 Å². The van der Waals surface area contributed by atoms with E-state index < -0.39 is 0 Å². The molecule has 0 amide bonds. The number of nitrogens with one attached hydrogen (secondary N) is 1. The Labute approximate surface area is 120 Å². The SMILES string of the molecule is CCCN(CCC)[C@@H](CO)Cc1cccc2[nH]cnc12. The summed E-state index contributed by atoms with van der Waals surface area (Å²) in [4.78, 5) is 9.94. The molecule has 0 saturated heterocycles. The van der Waals surface area contributed by atoms with E-state index in [0.717, 1.165) is 43.4 Å². The minimum atomic E-state index is 0.178. The van der Waals surface area contributed by atoms with E-state index in [4.69, 9.17) is 0 Å². The van der Waals surface area contributed by atoms with E-state index in [1.54, 1.807) is 6.33 Å². The predicted octanol–water partition coefficient (Wildman–Crippen LogP) is 2.59. The number of hydrogen-bond donors (Lipinski definition) is 2. The number of hydrogen-bond acceptors (Lipinski definition) is 3. The van der Waals surface area contributed by atoms with Crippen molar-refractivity contribution in [2.45, 2.75) is 39.2 Å². The Kier molecular flexibility index (Phi) is 5.56. The van der Waals surface area contributed by atoms with Crippen molar-refractivity contribution in [3.05, 3.63) is 30.1 Å². The van der Waals surface area contributed by atoms with Gasteiger partial charge in [0, 0.05) is 6.04 Å². The summed E-state index contributed by atoms with van der Waals surface area (Å²) in [5.74, 6) is 0. The van der Waals surface area contributed by atoms with Gasteiger partial charge in [-0.2, -0.15) is 0 Å². The van der Waals surface area contributed by atoms with Gasteiger partial charge in [0.05, 0.1) is 24.0 Å². The maximum absolute atomic E-state index is 9.76. The number of aliphatic hydroxyl groups is 1. The molecule has 1 aromatic heterocycles. The van der Waals surface area contributed by atoms with Gasteiger partial charge in [-0.1, -0.05) is 26.0 Å². The van der Waals surface area contributed by atoms with Crippen molar-refractivity contribution in [2.24, 2.45) is 0 Å². The van der Waals surface area contributed by atoms with E-state index in [2.05, 4.69) is 34.8 Å². The maximum atomic E-state index is 9.76. The zero-order chi connectivity index (χ0) is 14.4. The van der Waals surface area contributed by atoms with Crippen molar-refractivity contribution in [1.29, 1.82) is 0 Å². The number of rotatable bonds is 8. The molecule has 20 heavy (non-hydrogen) atoms. The summed E-state index contributed by atoms with van der Waals surface area (Å²) >= 11 is 0. The van der Waals surface area contributed by atoms with Crippen LogP contribution in [0, 0.1) is 0 Å². The number of imidazole rings is 1. The lowest BCUT2D eigenvalue weighted by molar-refractivity contribution is 0.122. The van der Waals surface area contributed by atoms with Crippen molar-refractivity contribution in [3.63, 3.8) is 0 Å². The molecule has 110 valence electrons. The fourth-order valence-electron chi connectivity index (χ4n) is 2.81. The van der Waals surface area contributed by atoms with E-state index in [0.29, 0.717) is 0 Å². The lowest BCUT2D eigenvalue weighted by Crippen LogP contribution is -2.40. The Morgan fingerprint density at radius 2 is 2.00 bits per heavy atom. The minimum Gasteiger partial charge on any atom is -0.395 e. The number of aromatic amines is 1. The van der Waals surface area contributed by atoms with Crippen molar-refractivity contribution in [3.8, 4) is 0 Å². The molecule has 0 fully saturated rings. The van der Waals surface area contributed by atoms with Gasteiger partial charge < -0.3 is 10.1 Å². The molecule has 2 rings (SSSR count). The molecule has 0 bridgehead atoms. The summed E-state index contributed by atoms with van der Waals surface area (Å²) in [7, 11) is 0. The molecule has 0 radical (unpaired) electrons. The molecule has 0 aliphatic carbocycles. The molecule has 1 heterocycles. The Morgan fingerprint density at radius 1 is 1.25 bits per heavy atom. The van der Waals surface area contributed by atoms with Crippen molar-refractivity contribution in [1.82, 2.24) is 14.9 Å². The van der Waals surface area contributed by atoms with Crippen molar-refractivity contribution >= 4 is 11.0 Å². The molecule has 0 aliphatic rings. The van der Waals surface area contributed by atoms with Crippen molar-refractivity contribution < 1.29 is 5.11 Å². The second-order valence-electron chi connectivity index (χ2n) is 5.29. The number of benzene rings is 1. The second kappa shape index (κ2) is 7.41. The quantitative estimate of drug-likeness (QED) is 0.778. The molecular formula is C16H25N3O. The third-order valence-corrected chi connectivity index (χ3v) is 3.74. The molecule has 1 aromatic carbocycles. The lowest BCUT2D eigenvalue weighted by Gasteiger charge is -2.30. The summed E-state index contributed by atoms with van der Waals surface area (Å²) in [5, 5.41) is 9.76. The number of H-pyrrole nitrogens is 1. The molecule has 0 spiro atoms. The van der Waals surface area contributed by atoms with Gasteiger partial charge in [-0.05, 0) is 44.0 Å². The van der Waals surface area contributed by atoms with Gasteiger partial charge in [-0.3, -0.25) is 4.90 Å². The molecule has 4 heteroatoms. The highest BCUT2D eigenvalue weighted by Gasteiger charge is 2.18. The van der Waals surface area contributed by atoms with Crippen LogP contribution >= 0.6 is 0 Å². The van der Waals surface area contributed by atoms with Gasteiger partial charge in [0.1, 0.15) is 0 Å². The summed E-state index contributed by atoms with van der Waals surface area (Å²) in [6.07, 6.45) is 4.81. The van der Waals surface area contributed by atoms with Crippen molar-refractivity contribution in [2.75, 3.05) is 19.7 Å². The third-order valence-electron chi connectivity index (χ3n) is 3.74. The number of aliphatic hydroxyl groups excluding tert-OH is 1. The molecule has 0 aliphatic heterocycles. The van der Waals surface area contributed by atoms with E-state index in [-0.39, 0.29) is 12.6 Å². The van der Waals surface area contributed by atoms with Crippen LogP contribution in [0.1, 0.15) is 32.3 Å². The first-order valence-corrected chi connectivity index (χ1v) is 7.56. The van der Waals surface area contributed by atoms with Gasteiger partial charge in [-0.15, -0.1) is 0 Å². The first kappa shape index (κ1) is 15.0. The highest BCUT2D eigenvalue weighted by atomic mass is 16.3. The first-order chi connectivity index (χ1) is 9.80. The van der Waals surface area contributed by atoms with Crippen LogP contribution < -0.4 is 0 Å². The Hall–Kier alpha value is -1.39. The third kappa shape index (κ3) is 3.38. The second-order valence-corrected chi connectivity index (χ2v) is 5.29. The molecule has 2 N–H and O–H groups in total. The molecule has 0 saturated carbocycles. The van der Waals surface area contributed by atoms with Crippen LogP contribution in [0.4, 0.5) is 0 Å². The van der Waals surface area contributed by atoms with Gasteiger partial charge >= 0.3 is 0 Å². The smallest absolute Gasteiger partial charge is 0.0931 e. The molecule has 4 nitrogen and oxygen atoms in total. The van der Waals surface area contributed by atoms with E-state index in [1.807, 2.05) is 12.1 Å². The zero-order valence-electron chi connectivity index (χ0n) is 12.5. The van der Waals surface area contributed by atoms with E-state index >= 15 is 0 Å². The number of nitrogens with zero attached hydrogens (tertiary/aromatic N) is 2. The fraction of sp³-hybridized carbons (Fsp3) is 0.562. The van der Waals surface area contributed by atoms with Crippen LogP contribution in [-0.4, -0.2) is 45.7 Å². The largest absolute Gasteiger partial charge is 0.395 e. The predicted molar refractivity (Wildman–Crippen MR) is 82.8 cm³/mol. The molecule has 0 unspecified atom stereocenters. The monoisotopic (exact) mass is 275 g/mol. The lowest BCUT2D eigenvalue weighted by atomic mass is 10.0. The summed E-state index contributed by atoms with van der Waals surface area (Å²) in [6, 6.07) is 6.38. The van der Waals surface area contributed by atoms with Crippen LogP contribution in [0.15, 0.2) is 24.5 Å². The van der Waals surface area contributed by atoms with Gasteiger partial charge in [-0.25, -0.2) is 4.98 Å². The summed E-state index contributed by atoms with van der Waals surface area (Å²) < 4.78 is 0. The first-order valence-electron chi connectivity index (χ1n) is 7.56. The molecular weight excluding hydrogens is 250 g/mol.